The zero-order valence-electron chi connectivity index (χ0n) is 8.75. The summed E-state index contributed by atoms with van der Waals surface area (Å²) in [4.78, 5) is 1.53. The summed E-state index contributed by atoms with van der Waals surface area (Å²) in [5.74, 6) is 0. The van der Waals surface area contributed by atoms with E-state index in [-0.39, 0.29) is 18.7 Å². The van der Waals surface area contributed by atoms with Crippen LogP contribution in [0.4, 0.5) is 13.2 Å². The van der Waals surface area contributed by atoms with E-state index in [9.17, 15) is 13.2 Å². The first-order chi connectivity index (χ1) is 7.45. The summed E-state index contributed by atoms with van der Waals surface area (Å²) in [6.07, 6.45) is -4.34. The second-order valence-corrected chi connectivity index (χ2v) is 3.49. The fourth-order valence-electron chi connectivity index (χ4n) is 1.40. The predicted molar refractivity (Wildman–Crippen MR) is 53.4 cm³/mol. The van der Waals surface area contributed by atoms with Gasteiger partial charge in [0.2, 0.25) is 0 Å². The fraction of sp³-hybridized carbons (Fsp3) is 0.364. The van der Waals surface area contributed by atoms with Crippen molar-refractivity contribution in [1.29, 1.82) is 5.26 Å². The first-order valence-corrected chi connectivity index (χ1v) is 4.65. The van der Waals surface area contributed by atoms with Gasteiger partial charge in [-0.2, -0.15) is 18.4 Å². The van der Waals surface area contributed by atoms with Gasteiger partial charge in [-0.3, -0.25) is 4.90 Å². The Kier molecular flexibility index (Phi) is 3.91. The first-order valence-electron chi connectivity index (χ1n) is 4.65. The van der Waals surface area contributed by atoms with E-state index in [1.54, 1.807) is 13.1 Å². The molecule has 0 bridgehead atoms. The van der Waals surface area contributed by atoms with Gasteiger partial charge < -0.3 is 0 Å². The van der Waals surface area contributed by atoms with Crippen molar-refractivity contribution in [1.82, 2.24) is 4.90 Å². The number of hydrogen-bond acceptors (Lipinski definition) is 2. The van der Waals surface area contributed by atoms with Crippen molar-refractivity contribution in [2.24, 2.45) is 0 Å². The standard InChI is InChI=1S/C11H11F3N2/c1-16(7-6-15)8-9-4-2-3-5-10(9)11(12,13)14/h2-5H,7-8H2,1H3. The predicted octanol–water partition coefficient (Wildman–Crippen LogP) is 2.66. The number of rotatable bonds is 3. The van der Waals surface area contributed by atoms with Crippen LogP contribution in [-0.4, -0.2) is 18.5 Å². The van der Waals surface area contributed by atoms with Crippen LogP contribution in [0, 0.1) is 11.3 Å². The Labute approximate surface area is 91.9 Å². The Morgan fingerprint density at radius 2 is 1.94 bits per heavy atom. The van der Waals surface area contributed by atoms with Crippen molar-refractivity contribution in [3.8, 4) is 6.07 Å². The Balaban J connectivity index is 2.92. The van der Waals surface area contributed by atoms with E-state index in [4.69, 9.17) is 5.26 Å². The molecule has 0 atom stereocenters. The zero-order valence-corrected chi connectivity index (χ0v) is 8.75. The lowest BCUT2D eigenvalue weighted by Gasteiger charge is -2.17. The fourth-order valence-corrected chi connectivity index (χ4v) is 1.40. The lowest BCUT2D eigenvalue weighted by Crippen LogP contribution is -2.20. The molecule has 0 aliphatic rings. The summed E-state index contributed by atoms with van der Waals surface area (Å²) < 4.78 is 37.8. The molecular weight excluding hydrogens is 217 g/mol. The second kappa shape index (κ2) is 4.99. The molecule has 0 radical (unpaired) electrons. The first kappa shape index (κ1) is 12.5. The number of hydrogen-bond donors (Lipinski definition) is 0. The van der Waals surface area contributed by atoms with E-state index in [0.29, 0.717) is 0 Å². The van der Waals surface area contributed by atoms with E-state index in [1.165, 1.54) is 17.0 Å². The molecule has 0 saturated carbocycles. The van der Waals surface area contributed by atoms with E-state index in [1.807, 2.05) is 6.07 Å². The third-order valence-corrected chi connectivity index (χ3v) is 2.10. The zero-order chi connectivity index (χ0) is 12.2. The Hall–Kier alpha value is -1.54. The molecule has 0 amide bonds. The smallest absolute Gasteiger partial charge is 0.289 e. The average molecular weight is 228 g/mol. The highest BCUT2D eigenvalue weighted by Gasteiger charge is 2.32. The summed E-state index contributed by atoms with van der Waals surface area (Å²) in [7, 11) is 1.61. The Morgan fingerprint density at radius 1 is 1.31 bits per heavy atom. The van der Waals surface area contributed by atoms with Crippen molar-refractivity contribution >= 4 is 0 Å². The molecule has 0 spiro atoms. The van der Waals surface area contributed by atoms with Crippen LogP contribution in [-0.2, 0) is 12.7 Å². The van der Waals surface area contributed by atoms with Crippen molar-refractivity contribution in [2.75, 3.05) is 13.6 Å². The van der Waals surface area contributed by atoms with Gasteiger partial charge in [0, 0.05) is 6.54 Å². The Bertz CT molecular complexity index is 393. The maximum Gasteiger partial charge on any atom is 0.416 e. The molecule has 0 aliphatic heterocycles. The van der Waals surface area contributed by atoms with Crippen LogP contribution >= 0.6 is 0 Å². The Morgan fingerprint density at radius 3 is 2.50 bits per heavy atom. The van der Waals surface area contributed by atoms with E-state index in [0.717, 1.165) is 6.07 Å². The average Bonchev–Trinajstić information content (AvgIpc) is 2.17. The summed E-state index contributed by atoms with van der Waals surface area (Å²) in [5.41, 5.74) is -0.451. The molecule has 0 fully saturated rings. The van der Waals surface area contributed by atoms with Gasteiger partial charge in [-0.05, 0) is 18.7 Å². The second-order valence-electron chi connectivity index (χ2n) is 3.49. The maximum absolute atomic E-state index is 12.6. The normalized spacial score (nSPS) is 11.5. The van der Waals surface area contributed by atoms with Gasteiger partial charge in [0.25, 0.3) is 0 Å². The number of alkyl halides is 3. The molecule has 1 rings (SSSR count). The summed E-state index contributed by atoms with van der Waals surface area (Å²) >= 11 is 0. The van der Waals surface area contributed by atoms with Crippen molar-refractivity contribution in [3.63, 3.8) is 0 Å². The molecule has 0 N–H and O–H groups in total. The summed E-state index contributed by atoms with van der Waals surface area (Å²) in [6.45, 7) is 0.218. The van der Waals surface area contributed by atoms with Gasteiger partial charge in [0.15, 0.2) is 0 Å². The quantitative estimate of drug-likeness (QED) is 0.743. The molecule has 0 heterocycles. The third kappa shape index (κ3) is 3.24. The van der Waals surface area contributed by atoms with Gasteiger partial charge in [-0.15, -0.1) is 0 Å². The van der Waals surface area contributed by atoms with Crippen LogP contribution in [0.1, 0.15) is 11.1 Å². The van der Waals surface area contributed by atoms with Crippen molar-refractivity contribution in [3.05, 3.63) is 35.4 Å². The van der Waals surface area contributed by atoms with Crippen molar-refractivity contribution in [2.45, 2.75) is 12.7 Å². The topological polar surface area (TPSA) is 27.0 Å². The van der Waals surface area contributed by atoms with Crippen LogP contribution in [0.15, 0.2) is 24.3 Å². The highest BCUT2D eigenvalue weighted by atomic mass is 19.4. The van der Waals surface area contributed by atoms with Gasteiger partial charge in [0.05, 0.1) is 18.2 Å². The minimum absolute atomic E-state index is 0.103. The summed E-state index contributed by atoms with van der Waals surface area (Å²) in [6, 6.07) is 7.29. The van der Waals surface area contributed by atoms with E-state index >= 15 is 0 Å². The van der Waals surface area contributed by atoms with Gasteiger partial charge in [0.1, 0.15) is 0 Å². The third-order valence-electron chi connectivity index (χ3n) is 2.10. The van der Waals surface area contributed by atoms with E-state index in [2.05, 4.69) is 0 Å². The molecule has 0 aliphatic carbocycles. The molecule has 0 aromatic heterocycles. The molecule has 0 saturated heterocycles. The molecule has 1 aromatic carbocycles. The summed E-state index contributed by atoms with van der Waals surface area (Å²) in [5, 5.41) is 8.43. The van der Waals surface area contributed by atoms with Crippen LogP contribution in [0.2, 0.25) is 0 Å². The monoisotopic (exact) mass is 228 g/mol. The van der Waals surface area contributed by atoms with Crippen LogP contribution in [0.25, 0.3) is 0 Å². The van der Waals surface area contributed by atoms with Crippen LogP contribution in [0.3, 0.4) is 0 Å². The molecule has 5 heteroatoms. The van der Waals surface area contributed by atoms with Crippen LogP contribution < -0.4 is 0 Å². The molecule has 16 heavy (non-hydrogen) atoms. The van der Waals surface area contributed by atoms with Crippen LogP contribution in [0.5, 0.6) is 0 Å². The molecule has 1 aromatic rings. The minimum atomic E-state index is -4.34. The lowest BCUT2D eigenvalue weighted by atomic mass is 10.1. The SMILES string of the molecule is CN(CC#N)Cc1ccccc1C(F)(F)F. The van der Waals surface area contributed by atoms with Gasteiger partial charge in [-0.25, -0.2) is 0 Å². The molecular formula is C11H11F3N2. The molecule has 86 valence electrons. The van der Waals surface area contributed by atoms with Crippen molar-refractivity contribution < 1.29 is 13.2 Å². The molecule has 0 unspecified atom stereocenters. The highest BCUT2D eigenvalue weighted by Crippen LogP contribution is 2.32. The van der Waals surface area contributed by atoms with E-state index < -0.39 is 11.7 Å². The lowest BCUT2D eigenvalue weighted by molar-refractivity contribution is -0.138. The number of nitrogens with zero attached hydrogens (tertiary/aromatic N) is 2. The van der Waals surface area contributed by atoms with Gasteiger partial charge >= 0.3 is 6.18 Å². The number of nitriles is 1. The highest BCUT2D eigenvalue weighted by molar-refractivity contribution is 5.29. The molecule has 2 nitrogen and oxygen atoms in total. The van der Waals surface area contributed by atoms with Gasteiger partial charge in [-0.1, -0.05) is 18.2 Å². The largest absolute Gasteiger partial charge is 0.416 e. The maximum atomic E-state index is 12.6. The number of benzene rings is 1. The number of halogens is 3. The minimum Gasteiger partial charge on any atom is -0.289 e.